The van der Waals surface area contributed by atoms with Gasteiger partial charge < -0.3 is 15.0 Å². The molecule has 2 saturated heterocycles. The molecule has 1 spiro atoms. The molecule has 3 aliphatic heterocycles. The van der Waals surface area contributed by atoms with E-state index in [2.05, 4.69) is 41.4 Å². The number of hydrogen-bond donors (Lipinski definition) is 1. The molecule has 21 heavy (non-hydrogen) atoms. The number of benzene rings is 1. The van der Waals surface area contributed by atoms with Crippen molar-refractivity contribution in [3.8, 4) is 0 Å². The lowest BCUT2D eigenvalue weighted by Crippen LogP contribution is -2.42. The lowest BCUT2D eigenvalue weighted by molar-refractivity contribution is 0.0550. The summed E-state index contributed by atoms with van der Waals surface area (Å²) in [6.07, 6.45) is 3.65. The Bertz CT molecular complexity index is 516. The number of rotatable bonds is 2. The number of nitrogens with one attached hydrogen (secondary N) is 1. The van der Waals surface area contributed by atoms with Gasteiger partial charge in [0, 0.05) is 44.0 Å². The van der Waals surface area contributed by atoms with E-state index < -0.39 is 0 Å². The van der Waals surface area contributed by atoms with Crippen LogP contribution < -0.4 is 10.2 Å². The fourth-order valence-corrected chi connectivity index (χ4v) is 4.53. The lowest BCUT2D eigenvalue weighted by atomic mass is 9.76. The molecule has 114 valence electrons. The van der Waals surface area contributed by atoms with Crippen LogP contribution in [0.25, 0.3) is 0 Å². The van der Waals surface area contributed by atoms with E-state index in [1.165, 1.54) is 44.6 Å². The minimum atomic E-state index is 0.344. The summed E-state index contributed by atoms with van der Waals surface area (Å²) in [5.74, 6) is 0. The van der Waals surface area contributed by atoms with E-state index in [4.69, 9.17) is 4.74 Å². The molecule has 3 aliphatic rings. The molecule has 1 atom stereocenters. The van der Waals surface area contributed by atoms with E-state index in [9.17, 15) is 0 Å². The molecule has 1 N–H and O–H groups in total. The minimum Gasteiger partial charge on any atom is -0.381 e. The van der Waals surface area contributed by atoms with Gasteiger partial charge in [-0.3, -0.25) is 0 Å². The van der Waals surface area contributed by atoms with Gasteiger partial charge in [-0.1, -0.05) is 25.1 Å². The minimum absolute atomic E-state index is 0.344. The molecule has 0 aliphatic carbocycles. The first-order valence-electron chi connectivity index (χ1n) is 8.34. The highest BCUT2D eigenvalue weighted by molar-refractivity contribution is 5.63. The monoisotopic (exact) mass is 286 g/mol. The Hall–Kier alpha value is -1.06. The average Bonchev–Trinajstić information content (AvgIpc) is 3.05. The molecular formula is C18H26N2O. The topological polar surface area (TPSA) is 24.5 Å². The third-order valence-electron chi connectivity index (χ3n) is 5.79. The van der Waals surface area contributed by atoms with Crippen LogP contribution in [0.4, 0.5) is 5.69 Å². The Labute approximate surface area is 127 Å². The maximum atomic E-state index is 5.63. The Morgan fingerprint density at radius 2 is 2.00 bits per heavy atom. The Morgan fingerprint density at radius 1 is 1.19 bits per heavy atom. The highest BCUT2D eigenvalue weighted by Gasteiger charge is 2.45. The fraction of sp³-hybridized carbons (Fsp3) is 0.667. The number of ether oxygens (including phenoxy) is 1. The van der Waals surface area contributed by atoms with Gasteiger partial charge in [0.15, 0.2) is 0 Å². The van der Waals surface area contributed by atoms with E-state index in [1.54, 1.807) is 5.56 Å². The summed E-state index contributed by atoms with van der Waals surface area (Å²) in [6, 6.07) is 9.08. The van der Waals surface area contributed by atoms with Gasteiger partial charge in [-0.05, 0) is 42.9 Å². The quantitative estimate of drug-likeness (QED) is 0.904. The lowest BCUT2D eigenvalue weighted by Gasteiger charge is -2.36. The molecule has 0 radical (unpaired) electrons. The first-order chi connectivity index (χ1) is 10.2. The molecule has 4 rings (SSSR count). The number of fused-ring (bicyclic) bond motifs is 2. The SMILES string of the molecule is CC1(CN2CC3(CCOCC3)c3ccccc32)CCNC1. The van der Waals surface area contributed by atoms with Crippen LogP contribution in [-0.2, 0) is 10.2 Å². The number of nitrogens with zero attached hydrogens (tertiary/aromatic N) is 1. The van der Waals surface area contributed by atoms with Crippen LogP contribution >= 0.6 is 0 Å². The summed E-state index contributed by atoms with van der Waals surface area (Å²) in [5, 5.41) is 3.54. The van der Waals surface area contributed by atoms with Crippen molar-refractivity contribution in [2.24, 2.45) is 5.41 Å². The van der Waals surface area contributed by atoms with Crippen LogP contribution in [0.3, 0.4) is 0 Å². The van der Waals surface area contributed by atoms with Crippen molar-refractivity contribution >= 4 is 5.69 Å². The highest BCUT2D eigenvalue weighted by atomic mass is 16.5. The standard InChI is InChI=1S/C18H26N2O/c1-17(6-9-19-12-17)13-20-14-18(7-10-21-11-8-18)15-4-2-3-5-16(15)20/h2-5,19H,6-14H2,1H3. The molecule has 3 heteroatoms. The zero-order valence-electron chi connectivity index (χ0n) is 13.0. The van der Waals surface area contributed by atoms with Gasteiger partial charge in [0.25, 0.3) is 0 Å². The molecule has 3 heterocycles. The van der Waals surface area contributed by atoms with Crippen molar-refractivity contribution in [3.05, 3.63) is 29.8 Å². The van der Waals surface area contributed by atoms with Crippen molar-refractivity contribution in [3.63, 3.8) is 0 Å². The smallest absolute Gasteiger partial charge is 0.0475 e. The molecule has 0 saturated carbocycles. The van der Waals surface area contributed by atoms with Gasteiger partial charge in [-0.15, -0.1) is 0 Å². The molecule has 1 unspecified atom stereocenters. The van der Waals surface area contributed by atoms with Gasteiger partial charge >= 0.3 is 0 Å². The van der Waals surface area contributed by atoms with Crippen LogP contribution in [0.2, 0.25) is 0 Å². The van der Waals surface area contributed by atoms with Crippen LogP contribution in [0, 0.1) is 5.41 Å². The number of para-hydroxylation sites is 1. The number of hydrogen-bond acceptors (Lipinski definition) is 3. The molecule has 2 fully saturated rings. The van der Waals surface area contributed by atoms with E-state index in [0.717, 1.165) is 19.8 Å². The molecule has 3 nitrogen and oxygen atoms in total. The zero-order chi connectivity index (χ0) is 14.3. The van der Waals surface area contributed by atoms with Crippen molar-refractivity contribution in [1.82, 2.24) is 5.32 Å². The van der Waals surface area contributed by atoms with Gasteiger partial charge in [0.1, 0.15) is 0 Å². The molecule has 0 amide bonds. The summed E-state index contributed by atoms with van der Waals surface area (Å²) in [6.45, 7) is 8.96. The maximum Gasteiger partial charge on any atom is 0.0475 e. The summed E-state index contributed by atoms with van der Waals surface area (Å²) >= 11 is 0. The van der Waals surface area contributed by atoms with Gasteiger partial charge in [-0.25, -0.2) is 0 Å². The summed E-state index contributed by atoms with van der Waals surface area (Å²) in [7, 11) is 0. The molecule has 1 aromatic rings. The normalized spacial score (nSPS) is 30.8. The highest BCUT2D eigenvalue weighted by Crippen LogP contribution is 2.47. The average molecular weight is 286 g/mol. The molecule has 1 aromatic carbocycles. The van der Waals surface area contributed by atoms with Crippen LogP contribution in [0.5, 0.6) is 0 Å². The van der Waals surface area contributed by atoms with Crippen molar-refractivity contribution in [1.29, 1.82) is 0 Å². The third-order valence-corrected chi connectivity index (χ3v) is 5.79. The Morgan fingerprint density at radius 3 is 2.76 bits per heavy atom. The predicted octanol–water partition coefficient (Wildman–Crippen LogP) is 2.55. The third kappa shape index (κ3) is 2.27. The second kappa shape index (κ2) is 4.99. The first kappa shape index (κ1) is 13.6. The van der Waals surface area contributed by atoms with E-state index in [-0.39, 0.29) is 0 Å². The fourth-order valence-electron chi connectivity index (χ4n) is 4.53. The molecular weight excluding hydrogens is 260 g/mol. The van der Waals surface area contributed by atoms with E-state index in [1.807, 2.05) is 0 Å². The predicted molar refractivity (Wildman–Crippen MR) is 86.0 cm³/mol. The molecule has 0 bridgehead atoms. The largest absolute Gasteiger partial charge is 0.381 e. The Kier molecular flexibility index (Phi) is 3.23. The Balaban J connectivity index is 1.64. The van der Waals surface area contributed by atoms with E-state index in [0.29, 0.717) is 10.8 Å². The summed E-state index contributed by atoms with van der Waals surface area (Å²) in [5.41, 5.74) is 3.82. The van der Waals surface area contributed by atoms with Crippen molar-refractivity contribution < 1.29 is 4.74 Å². The maximum absolute atomic E-state index is 5.63. The first-order valence-corrected chi connectivity index (χ1v) is 8.34. The van der Waals surface area contributed by atoms with Crippen molar-refractivity contribution in [2.75, 3.05) is 44.3 Å². The summed E-state index contributed by atoms with van der Waals surface area (Å²) < 4.78 is 5.63. The van der Waals surface area contributed by atoms with Crippen molar-refractivity contribution in [2.45, 2.75) is 31.6 Å². The zero-order valence-corrected chi connectivity index (χ0v) is 13.0. The van der Waals surface area contributed by atoms with Crippen LogP contribution in [-0.4, -0.2) is 39.4 Å². The van der Waals surface area contributed by atoms with Crippen LogP contribution in [0.1, 0.15) is 31.7 Å². The van der Waals surface area contributed by atoms with Gasteiger partial charge in [0.2, 0.25) is 0 Å². The number of anilines is 1. The second-order valence-corrected chi connectivity index (χ2v) is 7.50. The van der Waals surface area contributed by atoms with E-state index >= 15 is 0 Å². The molecule has 0 aromatic heterocycles. The van der Waals surface area contributed by atoms with Crippen LogP contribution in [0.15, 0.2) is 24.3 Å². The second-order valence-electron chi connectivity index (χ2n) is 7.50. The van der Waals surface area contributed by atoms with Gasteiger partial charge in [-0.2, -0.15) is 0 Å². The summed E-state index contributed by atoms with van der Waals surface area (Å²) in [4.78, 5) is 2.66. The van der Waals surface area contributed by atoms with Gasteiger partial charge in [0.05, 0.1) is 0 Å².